The first-order chi connectivity index (χ1) is 15.6. The second kappa shape index (κ2) is 10.7. The minimum Gasteiger partial charge on any atom is -0.497 e. The summed E-state index contributed by atoms with van der Waals surface area (Å²) in [5, 5.41) is 14.0. The van der Waals surface area contributed by atoms with Gasteiger partial charge in [0.1, 0.15) is 22.3 Å². The van der Waals surface area contributed by atoms with Crippen molar-refractivity contribution in [3.63, 3.8) is 0 Å². The number of fused-ring (bicyclic) bond motifs is 1. The van der Waals surface area contributed by atoms with Gasteiger partial charge in [-0.1, -0.05) is 37.3 Å². The van der Waals surface area contributed by atoms with Gasteiger partial charge in [-0.3, -0.25) is 0 Å². The van der Waals surface area contributed by atoms with E-state index < -0.39 is 34.8 Å². The van der Waals surface area contributed by atoms with Crippen LogP contribution in [-0.2, 0) is 22.1 Å². The van der Waals surface area contributed by atoms with Gasteiger partial charge >= 0.3 is 6.09 Å². The molecule has 0 bridgehead atoms. The Bertz CT molecular complexity index is 977. The van der Waals surface area contributed by atoms with Crippen LogP contribution in [0.25, 0.3) is 0 Å². The first-order valence-corrected chi connectivity index (χ1v) is 12.2. The second-order valence-electron chi connectivity index (χ2n) is 9.41. The molecule has 0 fully saturated rings. The first kappa shape index (κ1) is 25.2. The number of amides is 1. The van der Waals surface area contributed by atoms with Crippen molar-refractivity contribution < 1.29 is 23.6 Å². The van der Waals surface area contributed by atoms with Crippen molar-refractivity contribution >= 4 is 17.1 Å². The number of carbonyl (C=O) groups is 1. The Hall–Kier alpha value is -2.42. The van der Waals surface area contributed by atoms with E-state index >= 15 is 0 Å². The summed E-state index contributed by atoms with van der Waals surface area (Å²) in [6, 6.07) is 14.6. The lowest BCUT2D eigenvalue weighted by Gasteiger charge is -2.35. The Labute approximate surface area is 198 Å². The Morgan fingerprint density at radius 1 is 1.24 bits per heavy atom. The Balaban J connectivity index is 1.76. The van der Waals surface area contributed by atoms with Crippen molar-refractivity contribution in [1.29, 1.82) is 0 Å². The number of nitrogens with one attached hydrogen (secondary N) is 1. The highest BCUT2D eigenvalue weighted by molar-refractivity contribution is 7.82. The maximum Gasteiger partial charge on any atom is 0.407 e. The van der Waals surface area contributed by atoms with Crippen LogP contribution in [0, 0.1) is 0 Å². The molecule has 7 nitrogen and oxygen atoms in total. The van der Waals surface area contributed by atoms with Crippen LogP contribution in [0.3, 0.4) is 0 Å². The van der Waals surface area contributed by atoms with Gasteiger partial charge in [-0.25, -0.2) is 13.3 Å². The van der Waals surface area contributed by atoms with E-state index in [9.17, 15) is 14.1 Å². The van der Waals surface area contributed by atoms with E-state index in [1.165, 1.54) is 0 Å². The van der Waals surface area contributed by atoms with Crippen molar-refractivity contribution in [2.45, 2.75) is 62.7 Å². The fourth-order valence-electron chi connectivity index (χ4n) is 3.90. The lowest BCUT2D eigenvalue weighted by molar-refractivity contribution is 0.0402. The lowest BCUT2D eigenvalue weighted by Crippen LogP contribution is -2.51. The number of aliphatic hydroxyl groups excluding tert-OH is 1. The van der Waals surface area contributed by atoms with Crippen molar-refractivity contribution in [1.82, 2.24) is 9.62 Å². The Morgan fingerprint density at radius 3 is 2.58 bits per heavy atom. The van der Waals surface area contributed by atoms with Crippen LogP contribution in [0.1, 0.15) is 44.7 Å². The molecule has 1 aliphatic heterocycles. The molecule has 0 spiro atoms. The van der Waals surface area contributed by atoms with E-state index in [1.54, 1.807) is 38.3 Å². The summed E-state index contributed by atoms with van der Waals surface area (Å²) in [6.07, 6.45) is -1.12. The van der Waals surface area contributed by atoms with Crippen molar-refractivity contribution in [3.05, 3.63) is 59.7 Å². The fraction of sp³-hybridized carbons (Fsp3) is 0.480. The zero-order valence-electron chi connectivity index (χ0n) is 19.9. The highest BCUT2D eigenvalue weighted by Gasteiger charge is 2.33. The maximum atomic E-state index is 13.3. The number of hydrogen-bond acceptors (Lipinski definition) is 5. The summed E-state index contributed by atoms with van der Waals surface area (Å²) in [4.78, 5) is 13.2. The second-order valence-corrected chi connectivity index (χ2v) is 10.9. The average Bonchev–Trinajstić information content (AvgIpc) is 2.75. The smallest absolute Gasteiger partial charge is 0.407 e. The first-order valence-electron chi connectivity index (χ1n) is 11.1. The highest BCUT2D eigenvalue weighted by Crippen LogP contribution is 2.34. The molecular weight excluding hydrogens is 440 g/mol. The van der Waals surface area contributed by atoms with Crippen LogP contribution in [0.5, 0.6) is 5.75 Å². The number of aliphatic hydroxyl groups is 1. The predicted molar refractivity (Wildman–Crippen MR) is 129 cm³/mol. The van der Waals surface area contributed by atoms with Gasteiger partial charge in [-0.15, -0.1) is 0 Å². The number of methoxy groups -OCH3 is 1. The lowest BCUT2D eigenvalue weighted by atomic mass is 9.99. The molecule has 4 atom stereocenters. The summed E-state index contributed by atoms with van der Waals surface area (Å²) in [7, 11) is 0.188. The molecule has 1 amide bonds. The number of nitrogens with zero attached hydrogens (tertiary/aromatic N) is 1. The standard InChI is InChI=1S/C25H34N2O5S/c1-17-15-27(33(30)23-12-11-19(31-5)14-20(17)23)16-22(28)21(13-18-9-7-6-8-10-18)26-24(29)32-25(2,3)4/h6-12,14,17,21-22,28H,13,15-16H2,1-5H3,(H,26,29)/t17?,21-,22+,33?/m0/s1. The van der Waals surface area contributed by atoms with Crippen LogP contribution in [0.2, 0.25) is 0 Å². The van der Waals surface area contributed by atoms with Crippen LogP contribution >= 0.6 is 0 Å². The van der Waals surface area contributed by atoms with Crippen molar-refractivity contribution in [2.75, 3.05) is 20.2 Å². The summed E-state index contributed by atoms with van der Waals surface area (Å²) in [5.41, 5.74) is 1.32. The molecule has 33 heavy (non-hydrogen) atoms. The summed E-state index contributed by atoms with van der Waals surface area (Å²) in [5.74, 6) is 0.849. The molecule has 3 rings (SSSR count). The van der Waals surface area contributed by atoms with Crippen LogP contribution < -0.4 is 10.1 Å². The molecule has 2 aromatic carbocycles. The van der Waals surface area contributed by atoms with Crippen LogP contribution in [0.15, 0.2) is 53.4 Å². The van der Waals surface area contributed by atoms with Crippen LogP contribution in [0.4, 0.5) is 4.79 Å². The number of alkyl carbamates (subject to hydrolysis) is 1. The van der Waals surface area contributed by atoms with E-state index in [2.05, 4.69) is 12.2 Å². The van der Waals surface area contributed by atoms with Gasteiger partial charge in [-0.2, -0.15) is 0 Å². The largest absolute Gasteiger partial charge is 0.497 e. The molecule has 0 saturated carbocycles. The van der Waals surface area contributed by atoms with Gasteiger partial charge in [-0.05, 0) is 62.4 Å². The molecule has 180 valence electrons. The molecule has 2 aromatic rings. The topological polar surface area (TPSA) is 88.1 Å². The highest BCUT2D eigenvalue weighted by atomic mass is 32.2. The third-order valence-electron chi connectivity index (χ3n) is 5.50. The summed E-state index contributed by atoms with van der Waals surface area (Å²) in [6.45, 7) is 8.11. The number of benzene rings is 2. The van der Waals surface area contributed by atoms with E-state index in [0.717, 1.165) is 21.8 Å². The van der Waals surface area contributed by atoms with E-state index in [-0.39, 0.29) is 12.5 Å². The molecule has 2 N–H and O–H groups in total. The number of β-amino-alcohol motifs (C(OH)–C–C–N with tert-alkyl or cyclic N) is 1. The van der Waals surface area contributed by atoms with Gasteiger partial charge < -0.3 is 19.9 Å². The Kier molecular flexibility index (Phi) is 8.15. The van der Waals surface area contributed by atoms with Crippen LogP contribution in [-0.4, -0.2) is 57.7 Å². The molecule has 1 aliphatic rings. The molecule has 0 radical (unpaired) electrons. The molecule has 1 heterocycles. The van der Waals surface area contributed by atoms with Gasteiger partial charge in [0.15, 0.2) is 0 Å². The predicted octanol–water partition coefficient (Wildman–Crippen LogP) is 3.63. The van der Waals surface area contributed by atoms with Gasteiger partial charge in [0.05, 0.1) is 24.2 Å². The summed E-state index contributed by atoms with van der Waals surface area (Å²) >= 11 is 0. The van der Waals surface area contributed by atoms with E-state index in [4.69, 9.17) is 9.47 Å². The quantitative estimate of drug-likeness (QED) is 0.640. The maximum absolute atomic E-state index is 13.3. The van der Waals surface area contributed by atoms with E-state index in [0.29, 0.717) is 13.0 Å². The number of carbonyl (C=O) groups excluding carboxylic acids is 1. The van der Waals surface area contributed by atoms with Gasteiger partial charge in [0, 0.05) is 13.1 Å². The zero-order valence-corrected chi connectivity index (χ0v) is 20.7. The average molecular weight is 475 g/mol. The zero-order chi connectivity index (χ0) is 24.2. The van der Waals surface area contributed by atoms with Gasteiger partial charge in [0.2, 0.25) is 0 Å². The number of hydrogen-bond donors (Lipinski definition) is 2. The van der Waals surface area contributed by atoms with Gasteiger partial charge in [0.25, 0.3) is 0 Å². The normalized spacial score (nSPS) is 20.4. The minimum atomic E-state index is -1.42. The number of rotatable bonds is 7. The molecule has 8 heteroatoms. The SMILES string of the molecule is COc1ccc2c(c1)C(C)CN(C[C@@H](O)[C@H](Cc1ccccc1)NC(=O)OC(C)(C)C)S2=O. The molecule has 0 saturated heterocycles. The summed E-state index contributed by atoms with van der Waals surface area (Å²) < 4.78 is 25.7. The monoisotopic (exact) mass is 474 g/mol. The van der Waals surface area contributed by atoms with Crippen molar-refractivity contribution in [2.24, 2.45) is 0 Å². The van der Waals surface area contributed by atoms with Crippen molar-refractivity contribution in [3.8, 4) is 5.75 Å². The number of ether oxygens (including phenoxy) is 2. The Morgan fingerprint density at radius 2 is 1.94 bits per heavy atom. The molecule has 2 unspecified atom stereocenters. The minimum absolute atomic E-state index is 0.117. The molecule has 0 aliphatic carbocycles. The third-order valence-corrected chi connectivity index (χ3v) is 7.02. The van der Waals surface area contributed by atoms with E-state index in [1.807, 2.05) is 42.5 Å². The molecule has 0 aromatic heterocycles. The fourth-order valence-corrected chi connectivity index (χ4v) is 5.47. The molecular formula is C25H34N2O5S. The third kappa shape index (κ3) is 6.79.